The van der Waals surface area contributed by atoms with Gasteiger partial charge in [0.05, 0.1) is 0 Å². The molecule has 0 amide bonds. The van der Waals surface area contributed by atoms with Crippen molar-refractivity contribution in [3.05, 3.63) is 41.7 Å². The first-order valence-corrected chi connectivity index (χ1v) is 4.88. The Morgan fingerprint density at radius 2 is 2.12 bits per heavy atom. The van der Waals surface area contributed by atoms with E-state index in [4.69, 9.17) is 22.2 Å². The van der Waals surface area contributed by atoms with E-state index in [1.807, 2.05) is 0 Å². The molecule has 0 saturated heterocycles. The number of hydrogen-bond donors (Lipinski definition) is 2. The molecule has 2 aromatic rings. The van der Waals surface area contributed by atoms with Crippen LogP contribution in [0.5, 0.6) is 11.6 Å². The van der Waals surface area contributed by atoms with Crippen molar-refractivity contribution in [2.45, 2.75) is 0 Å². The van der Waals surface area contributed by atoms with Gasteiger partial charge in [-0.05, 0) is 18.2 Å². The lowest BCUT2D eigenvalue weighted by Gasteiger charge is -2.05. The molecule has 1 heterocycles. The van der Waals surface area contributed by atoms with Crippen LogP contribution in [0.4, 0.5) is 5.82 Å². The zero-order valence-corrected chi connectivity index (χ0v) is 8.98. The highest BCUT2D eigenvalue weighted by molar-refractivity contribution is 6.30. The number of hydrogen-bond acceptors (Lipinski definition) is 5. The SMILES string of the molecule is NNc1cc(Oc2cccc(Cl)c2)ncn1. The van der Waals surface area contributed by atoms with Crippen LogP contribution in [0.25, 0.3) is 0 Å². The van der Waals surface area contributed by atoms with E-state index in [9.17, 15) is 0 Å². The Kier molecular flexibility index (Phi) is 3.19. The normalized spacial score (nSPS) is 9.88. The van der Waals surface area contributed by atoms with E-state index < -0.39 is 0 Å². The van der Waals surface area contributed by atoms with Crippen molar-refractivity contribution in [2.75, 3.05) is 5.43 Å². The van der Waals surface area contributed by atoms with Crippen molar-refractivity contribution in [1.82, 2.24) is 9.97 Å². The van der Waals surface area contributed by atoms with Gasteiger partial charge >= 0.3 is 0 Å². The van der Waals surface area contributed by atoms with Crippen LogP contribution in [0.1, 0.15) is 0 Å². The maximum absolute atomic E-state index is 5.82. The highest BCUT2D eigenvalue weighted by Crippen LogP contribution is 2.23. The molecule has 0 saturated carbocycles. The summed E-state index contributed by atoms with van der Waals surface area (Å²) in [6.07, 6.45) is 1.36. The highest BCUT2D eigenvalue weighted by Gasteiger charge is 2.00. The predicted molar refractivity (Wildman–Crippen MR) is 61.4 cm³/mol. The molecule has 0 fully saturated rings. The first-order valence-electron chi connectivity index (χ1n) is 4.50. The van der Waals surface area contributed by atoms with Gasteiger partial charge < -0.3 is 10.2 Å². The van der Waals surface area contributed by atoms with Crippen LogP contribution in [0.2, 0.25) is 5.02 Å². The van der Waals surface area contributed by atoms with Gasteiger partial charge in [0, 0.05) is 11.1 Å². The fourth-order valence-corrected chi connectivity index (χ4v) is 1.31. The minimum Gasteiger partial charge on any atom is -0.439 e. The van der Waals surface area contributed by atoms with Gasteiger partial charge in [-0.25, -0.2) is 15.8 Å². The molecular weight excluding hydrogens is 228 g/mol. The van der Waals surface area contributed by atoms with Gasteiger partial charge in [0.15, 0.2) is 0 Å². The van der Waals surface area contributed by atoms with Gasteiger partial charge in [-0.3, -0.25) is 0 Å². The van der Waals surface area contributed by atoms with Crippen molar-refractivity contribution in [2.24, 2.45) is 5.84 Å². The molecule has 0 spiro atoms. The van der Waals surface area contributed by atoms with Crippen molar-refractivity contribution >= 4 is 17.4 Å². The van der Waals surface area contributed by atoms with Crippen LogP contribution < -0.4 is 16.0 Å². The lowest BCUT2D eigenvalue weighted by atomic mass is 10.3. The topological polar surface area (TPSA) is 73.1 Å². The molecule has 0 unspecified atom stereocenters. The van der Waals surface area contributed by atoms with Crippen LogP contribution in [0, 0.1) is 0 Å². The molecule has 3 N–H and O–H groups in total. The second-order valence-electron chi connectivity index (χ2n) is 2.95. The summed E-state index contributed by atoms with van der Waals surface area (Å²) in [7, 11) is 0. The molecule has 1 aromatic heterocycles. The fourth-order valence-electron chi connectivity index (χ4n) is 1.13. The number of hydrazine groups is 1. The number of halogens is 1. The van der Waals surface area contributed by atoms with Crippen molar-refractivity contribution in [3.63, 3.8) is 0 Å². The number of rotatable bonds is 3. The van der Waals surface area contributed by atoms with E-state index in [0.29, 0.717) is 22.5 Å². The summed E-state index contributed by atoms with van der Waals surface area (Å²) in [6, 6.07) is 8.62. The van der Waals surface area contributed by atoms with Crippen LogP contribution in [0.3, 0.4) is 0 Å². The Hall–Kier alpha value is -1.85. The van der Waals surface area contributed by atoms with Crippen LogP contribution in [-0.4, -0.2) is 9.97 Å². The second-order valence-corrected chi connectivity index (χ2v) is 3.38. The van der Waals surface area contributed by atoms with E-state index >= 15 is 0 Å². The highest BCUT2D eigenvalue weighted by atomic mass is 35.5. The van der Waals surface area contributed by atoms with E-state index in [-0.39, 0.29) is 0 Å². The summed E-state index contributed by atoms with van der Waals surface area (Å²) in [6.45, 7) is 0. The van der Waals surface area contributed by atoms with Gasteiger partial charge in [0.25, 0.3) is 0 Å². The standard InChI is InChI=1S/C10H9ClN4O/c11-7-2-1-3-8(4-7)16-10-5-9(15-12)13-6-14-10/h1-6H,12H2,(H,13,14,15). The Morgan fingerprint density at radius 1 is 1.25 bits per heavy atom. The second kappa shape index (κ2) is 4.78. The lowest BCUT2D eigenvalue weighted by molar-refractivity contribution is 0.462. The molecule has 0 atom stereocenters. The minimum atomic E-state index is 0.394. The molecule has 0 aliphatic rings. The maximum Gasteiger partial charge on any atom is 0.224 e. The largest absolute Gasteiger partial charge is 0.439 e. The summed E-state index contributed by atoms with van der Waals surface area (Å²) >= 11 is 5.82. The minimum absolute atomic E-state index is 0.394. The Balaban J connectivity index is 2.20. The van der Waals surface area contributed by atoms with Crippen molar-refractivity contribution in [3.8, 4) is 11.6 Å². The lowest BCUT2D eigenvalue weighted by Crippen LogP contribution is -2.08. The number of nitrogens with two attached hydrogens (primary N) is 1. The number of nitrogens with one attached hydrogen (secondary N) is 1. The molecule has 6 heteroatoms. The van der Waals surface area contributed by atoms with Gasteiger partial charge in [-0.1, -0.05) is 17.7 Å². The zero-order valence-electron chi connectivity index (χ0n) is 8.22. The number of ether oxygens (including phenoxy) is 1. The Labute approximate surface area is 97.2 Å². The van der Waals surface area contributed by atoms with Gasteiger partial charge in [0.2, 0.25) is 5.88 Å². The molecular formula is C10H9ClN4O. The van der Waals surface area contributed by atoms with E-state index in [1.165, 1.54) is 6.33 Å². The summed E-state index contributed by atoms with van der Waals surface area (Å²) in [5, 5.41) is 0.601. The third-order valence-corrected chi connectivity index (χ3v) is 2.04. The van der Waals surface area contributed by atoms with Gasteiger partial charge in [-0.15, -0.1) is 0 Å². The zero-order chi connectivity index (χ0) is 11.4. The molecule has 0 bridgehead atoms. The Morgan fingerprint density at radius 3 is 2.88 bits per heavy atom. The molecule has 2 rings (SSSR count). The average Bonchev–Trinajstić information content (AvgIpc) is 2.29. The van der Waals surface area contributed by atoms with E-state index in [2.05, 4.69) is 15.4 Å². The first-order chi connectivity index (χ1) is 7.78. The first kappa shape index (κ1) is 10.7. The maximum atomic E-state index is 5.82. The fraction of sp³-hybridized carbons (Fsp3) is 0. The third-order valence-electron chi connectivity index (χ3n) is 1.81. The van der Waals surface area contributed by atoms with Crippen molar-refractivity contribution < 1.29 is 4.74 Å². The van der Waals surface area contributed by atoms with Crippen molar-refractivity contribution in [1.29, 1.82) is 0 Å². The Bertz CT molecular complexity index is 492. The van der Waals surface area contributed by atoms with Crippen LogP contribution >= 0.6 is 11.6 Å². The van der Waals surface area contributed by atoms with Crippen LogP contribution in [0.15, 0.2) is 36.7 Å². The monoisotopic (exact) mass is 236 g/mol. The smallest absolute Gasteiger partial charge is 0.224 e. The molecule has 1 aromatic carbocycles. The molecule has 0 radical (unpaired) electrons. The third kappa shape index (κ3) is 2.59. The molecule has 5 nitrogen and oxygen atoms in total. The predicted octanol–water partition coefficient (Wildman–Crippen LogP) is 2.21. The molecule has 16 heavy (non-hydrogen) atoms. The van der Waals surface area contributed by atoms with Gasteiger partial charge in [-0.2, -0.15) is 0 Å². The van der Waals surface area contributed by atoms with E-state index in [1.54, 1.807) is 30.3 Å². The summed E-state index contributed by atoms with van der Waals surface area (Å²) in [4.78, 5) is 7.80. The number of nitrogens with zero attached hydrogens (tertiary/aromatic N) is 2. The number of anilines is 1. The summed E-state index contributed by atoms with van der Waals surface area (Å²) in [5.41, 5.74) is 2.41. The number of benzene rings is 1. The van der Waals surface area contributed by atoms with Gasteiger partial charge in [0.1, 0.15) is 17.9 Å². The number of nitrogen functional groups attached to an aromatic ring is 1. The quantitative estimate of drug-likeness (QED) is 0.631. The summed E-state index contributed by atoms with van der Waals surface area (Å²) in [5.74, 6) is 6.70. The number of aromatic nitrogens is 2. The van der Waals surface area contributed by atoms with Crippen LogP contribution in [-0.2, 0) is 0 Å². The molecule has 82 valence electrons. The summed E-state index contributed by atoms with van der Waals surface area (Å²) < 4.78 is 5.47. The molecule has 0 aliphatic heterocycles. The van der Waals surface area contributed by atoms with E-state index in [0.717, 1.165) is 0 Å². The average molecular weight is 237 g/mol. The molecule has 0 aliphatic carbocycles.